The molecule has 0 bridgehead atoms. The third kappa shape index (κ3) is 4.50. The fraction of sp³-hybridized carbons (Fsp3) is 0.524. The predicted octanol–water partition coefficient (Wildman–Crippen LogP) is 3.58. The second-order valence-corrected chi connectivity index (χ2v) is 7.43. The van der Waals surface area contributed by atoms with Gasteiger partial charge in [-0.15, -0.1) is 0 Å². The molecule has 6 nitrogen and oxygen atoms in total. The zero-order valence-electron chi connectivity index (χ0n) is 16.6. The molecule has 3 rings (SSSR count). The topological polar surface area (TPSA) is 56.6 Å². The number of hydrogen-bond acceptors (Lipinski definition) is 5. The standard InChI is InChI=1S/C21H29N3O3/c1-15(2)24-13-16(11-22-24)12-23-9-5-6-17(14-23)21(25)19-8-7-18(26-3)10-20(19)27-4/h7-8,10-11,13,15,17H,5-6,9,12,14H2,1-4H3/t17-/m1/s1. The van der Waals surface area contributed by atoms with Gasteiger partial charge in [0.1, 0.15) is 11.5 Å². The average Bonchev–Trinajstić information content (AvgIpc) is 3.16. The van der Waals surface area contributed by atoms with Gasteiger partial charge in [-0.3, -0.25) is 14.4 Å². The maximum absolute atomic E-state index is 13.1. The van der Waals surface area contributed by atoms with Crippen molar-refractivity contribution in [2.45, 2.75) is 39.3 Å². The number of carbonyl (C=O) groups excluding carboxylic acids is 1. The highest BCUT2D eigenvalue weighted by molar-refractivity contribution is 6.00. The van der Waals surface area contributed by atoms with Crippen LogP contribution < -0.4 is 9.47 Å². The van der Waals surface area contributed by atoms with Crippen molar-refractivity contribution in [3.8, 4) is 11.5 Å². The number of Topliss-reactive ketones (excluding diaryl/α,β-unsaturated/α-hetero) is 1. The number of nitrogens with zero attached hydrogens (tertiary/aromatic N) is 3. The van der Waals surface area contributed by atoms with Gasteiger partial charge in [0.05, 0.1) is 26.0 Å². The molecule has 1 aromatic carbocycles. The molecular weight excluding hydrogens is 342 g/mol. The summed E-state index contributed by atoms with van der Waals surface area (Å²) in [5, 5.41) is 4.42. The highest BCUT2D eigenvalue weighted by Crippen LogP contribution is 2.30. The SMILES string of the molecule is COc1ccc(C(=O)[C@@H]2CCCN(Cc3cnn(C(C)C)c3)C2)c(OC)c1. The molecule has 0 amide bonds. The van der Waals surface area contributed by atoms with Crippen molar-refractivity contribution >= 4 is 5.78 Å². The van der Waals surface area contributed by atoms with Crippen LogP contribution in [0.4, 0.5) is 0 Å². The van der Waals surface area contributed by atoms with Crippen LogP contribution in [0.25, 0.3) is 0 Å². The van der Waals surface area contributed by atoms with Crippen molar-refractivity contribution < 1.29 is 14.3 Å². The Bertz CT molecular complexity index is 785. The number of methoxy groups -OCH3 is 2. The van der Waals surface area contributed by atoms with Crippen molar-refractivity contribution in [2.75, 3.05) is 27.3 Å². The van der Waals surface area contributed by atoms with E-state index in [1.54, 1.807) is 20.3 Å². The predicted molar refractivity (Wildman–Crippen MR) is 104 cm³/mol. The first kappa shape index (κ1) is 19.4. The first-order valence-corrected chi connectivity index (χ1v) is 9.53. The van der Waals surface area contributed by atoms with Gasteiger partial charge in [0.25, 0.3) is 0 Å². The Hall–Kier alpha value is -2.34. The summed E-state index contributed by atoms with van der Waals surface area (Å²) in [4.78, 5) is 15.5. The van der Waals surface area contributed by atoms with Crippen molar-refractivity contribution in [3.05, 3.63) is 41.7 Å². The second kappa shape index (κ2) is 8.57. The van der Waals surface area contributed by atoms with Gasteiger partial charge >= 0.3 is 0 Å². The molecule has 0 N–H and O–H groups in total. The van der Waals surface area contributed by atoms with Gasteiger partial charge in [0, 0.05) is 42.9 Å². The molecule has 6 heteroatoms. The van der Waals surface area contributed by atoms with Crippen molar-refractivity contribution in [1.82, 2.24) is 14.7 Å². The molecule has 0 radical (unpaired) electrons. The summed E-state index contributed by atoms with van der Waals surface area (Å²) in [6.07, 6.45) is 5.96. The third-order valence-corrected chi connectivity index (χ3v) is 5.14. The maximum atomic E-state index is 13.1. The van der Waals surface area contributed by atoms with Crippen LogP contribution in [0.2, 0.25) is 0 Å². The van der Waals surface area contributed by atoms with E-state index in [1.807, 2.05) is 23.0 Å². The average molecular weight is 371 g/mol. The van der Waals surface area contributed by atoms with Crippen LogP contribution in [-0.4, -0.2) is 47.8 Å². The van der Waals surface area contributed by atoms with Crippen molar-refractivity contribution in [3.63, 3.8) is 0 Å². The lowest BCUT2D eigenvalue weighted by molar-refractivity contribution is 0.0808. The van der Waals surface area contributed by atoms with Crippen LogP contribution in [0.15, 0.2) is 30.6 Å². The van der Waals surface area contributed by atoms with E-state index in [1.165, 1.54) is 5.56 Å². The Labute approximate surface area is 161 Å². The number of carbonyl (C=O) groups is 1. The zero-order chi connectivity index (χ0) is 19.4. The van der Waals surface area contributed by atoms with Gasteiger partial charge in [0.15, 0.2) is 5.78 Å². The van der Waals surface area contributed by atoms with Crippen LogP contribution in [0.3, 0.4) is 0 Å². The lowest BCUT2D eigenvalue weighted by Crippen LogP contribution is -2.38. The highest BCUT2D eigenvalue weighted by Gasteiger charge is 2.28. The number of ketones is 1. The summed E-state index contributed by atoms with van der Waals surface area (Å²) in [7, 11) is 3.20. The normalized spacial score (nSPS) is 17.9. The molecule has 1 aliphatic rings. The Morgan fingerprint density at radius 2 is 2.11 bits per heavy atom. The minimum Gasteiger partial charge on any atom is -0.497 e. The number of ether oxygens (including phenoxy) is 2. The van der Waals surface area contributed by atoms with Crippen LogP contribution in [0.5, 0.6) is 11.5 Å². The molecule has 1 aromatic heterocycles. The van der Waals surface area contributed by atoms with E-state index in [9.17, 15) is 4.79 Å². The van der Waals surface area contributed by atoms with Gasteiger partial charge in [-0.1, -0.05) is 0 Å². The first-order chi connectivity index (χ1) is 13.0. The Morgan fingerprint density at radius 1 is 1.30 bits per heavy atom. The highest BCUT2D eigenvalue weighted by atomic mass is 16.5. The minimum atomic E-state index is -0.0128. The van der Waals surface area contributed by atoms with Crippen molar-refractivity contribution in [2.24, 2.45) is 5.92 Å². The molecule has 0 aliphatic carbocycles. The molecule has 2 heterocycles. The molecule has 1 aliphatic heterocycles. The number of rotatable bonds is 7. The van der Waals surface area contributed by atoms with Crippen LogP contribution in [0, 0.1) is 5.92 Å². The summed E-state index contributed by atoms with van der Waals surface area (Å²) >= 11 is 0. The molecule has 1 fully saturated rings. The maximum Gasteiger partial charge on any atom is 0.170 e. The van der Waals surface area contributed by atoms with E-state index in [0.717, 1.165) is 32.5 Å². The first-order valence-electron chi connectivity index (χ1n) is 9.53. The molecule has 27 heavy (non-hydrogen) atoms. The molecule has 146 valence electrons. The fourth-order valence-corrected chi connectivity index (χ4v) is 3.63. The van der Waals surface area contributed by atoms with Gasteiger partial charge in [-0.25, -0.2) is 0 Å². The van der Waals surface area contributed by atoms with Crippen LogP contribution >= 0.6 is 0 Å². The van der Waals surface area contributed by atoms with Crippen LogP contribution in [-0.2, 0) is 6.54 Å². The molecule has 0 spiro atoms. The minimum absolute atomic E-state index is 0.0128. The Balaban J connectivity index is 1.69. The summed E-state index contributed by atoms with van der Waals surface area (Å²) in [6, 6.07) is 5.76. The van der Waals surface area contributed by atoms with E-state index < -0.39 is 0 Å². The van der Waals surface area contributed by atoms with Gasteiger partial charge < -0.3 is 9.47 Å². The van der Waals surface area contributed by atoms with Gasteiger partial charge in [-0.2, -0.15) is 5.10 Å². The largest absolute Gasteiger partial charge is 0.497 e. The summed E-state index contributed by atoms with van der Waals surface area (Å²) in [5.41, 5.74) is 1.83. The summed E-state index contributed by atoms with van der Waals surface area (Å²) < 4.78 is 12.6. The molecule has 1 atom stereocenters. The smallest absolute Gasteiger partial charge is 0.170 e. The van der Waals surface area contributed by atoms with E-state index in [4.69, 9.17) is 9.47 Å². The number of likely N-dealkylation sites (tertiary alicyclic amines) is 1. The lowest BCUT2D eigenvalue weighted by atomic mass is 9.89. The number of hydrogen-bond donors (Lipinski definition) is 0. The molecule has 0 saturated carbocycles. The monoisotopic (exact) mass is 371 g/mol. The quantitative estimate of drug-likeness (QED) is 0.697. The van der Waals surface area contributed by atoms with Crippen molar-refractivity contribution in [1.29, 1.82) is 0 Å². The molecule has 1 saturated heterocycles. The fourth-order valence-electron chi connectivity index (χ4n) is 3.63. The van der Waals surface area contributed by atoms with E-state index >= 15 is 0 Å². The zero-order valence-corrected chi connectivity index (χ0v) is 16.6. The number of piperidine rings is 1. The molecular formula is C21H29N3O3. The van der Waals surface area contributed by atoms with Crippen LogP contribution in [0.1, 0.15) is 48.7 Å². The second-order valence-electron chi connectivity index (χ2n) is 7.43. The lowest BCUT2D eigenvalue weighted by Gasteiger charge is -2.31. The Kier molecular flexibility index (Phi) is 6.16. The van der Waals surface area contributed by atoms with Gasteiger partial charge in [0.2, 0.25) is 0 Å². The van der Waals surface area contributed by atoms with E-state index in [0.29, 0.717) is 23.1 Å². The third-order valence-electron chi connectivity index (χ3n) is 5.14. The van der Waals surface area contributed by atoms with Gasteiger partial charge in [-0.05, 0) is 45.4 Å². The van der Waals surface area contributed by atoms with E-state index in [2.05, 4.69) is 30.0 Å². The number of aromatic nitrogens is 2. The summed E-state index contributed by atoms with van der Waals surface area (Å²) in [6.45, 7) is 6.84. The Morgan fingerprint density at radius 3 is 2.78 bits per heavy atom. The molecule has 0 unspecified atom stereocenters. The molecule has 2 aromatic rings. The summed E-state index contributed by atoms with van der Waals surface area (Å²) in [5.74, 6) is 1.41. The van der Waals surface area contributed by atoms with E-state index in [-0.39, 0.29) is 11.7 Å². The number of benzene rings is 1.